The number of amides is 1. The second kappa shape index (κ2) is 7.35. The van der Waals surface area contributed by atoms with Gasteiger partial charge >= 0.3 is 0 Å². The number of hydrogen-bond acceptors (Lipinski definition) is 5. The molecule has 2 N–H and O–H groups in total. The fourth-order valence-corrected chi connectivity index (χ4v) is 3.87. The lowest BCUT2D eigenvalue weighted by Gasteiger charge is -2.22. The Morgan fingerprint density at radius 2 is 2.16 bits per heavy atom. The highest BCUT2D eigenvalue weighted by molar-refractivity contribution is 6.02. The molecule has 1 amide bonds. The van der Waals surface area contributed by atoms with Gasteiger partial charge in [-0.25, -0.2) is 4.68 Å². The third-order valence-electron chi connectivity index (χ3n) is 5.20. The first kappa shape index (κ1) is 16.3. The zero-order chi connectivity index (χ0) is 17.1. The topological polar surface area (TPSA) is 89.7 Å². The fourth-order valence-electron chi connectivity index (χ4n) is 3.87. The van der Waals surface area contributed by atoms with E-state index in [0.717, 1.165) is 38.3 Å². The Labute approximate surface area is 147 Å². The summed E-state index contributed by atoms with van der Waals surface area (Å²) in [6.07, 6.45) is 10.5. The molecule has 0 aromatic carbocycles. The molecule has 1 aliphatic carbocycles. The molecule has 25 heavy (non-hydrogen) atoms. The van der Waals surface area contributed by atoms with Crippen molar-refractivity contribution >= 4 is 11.7 Å². The first-order valence-corrected chi connectivity index (χ1v) is 9.25. The van der Waals surface area contributed by atoms with Gasteiger partial charge in [0.15, 0.2) is 5.69 Å². The molecule has 2 fully saturated rings. The Hall–Kier alpha value is -2.22. The standard InChI is InChI=1S/C17H25N7O/c25-17(20-16-7-9-19-24(16)14-5-1-2-6-14)15-12-23(22-21-15)11-13-4-3-8-18-10-13/h7,9,12-14,18H,1-6,8,10-11H2,(H,20,25). The smallest absolute Gasteiger partial charge is 0.278 e. The lowest BCUT2D eigenvalue weighted by molar-refractivity contribution is 0.102. The fraction of sp³-hybridized carbons (Fsp3) is 0.647. The summed E-state index contributed by atoms with van der Waals surface area (Å²) < 4.78 is 3.71. The molecule has 0 radical (unpaired) electrons. The summed E-state index contributed by atoms with van der Waals surface area (Å²) in [5.41, 5.74) is 0.350. The van der Waals surface area contributed by atoms with Crippen LogP contribution in [0, 0.1) is 5.92 Å². The van der Waals surface area contributed by atoms with Crippen molar-refractivity contribution in [3.8, 4) is 0 Å². The van der Waals surface area contributed by atoms with E-state index in [4.69, 9.17) is 0 Å². The van der Waals surface area contributed by atoms with E-state index in [0.29, 0.717) is 17.7 Å². The average Bonchev–Trinajstić information content (AvgIpc) is 3.37. The maximum absolute atomic E-state index is 12.5. The van der Waals surface area contributed by atoms with E-state index < -0.39 is 0 Å². The number of piperidine rings is 1. The van der Waals surface area contributed by atoms with Crippen molar-refractivity contribution in [2.45, 2.75) is 51.1 Å². The maximum Gasteiger partial charge on any atom is 0.278 e. The molecule has 2 aliphatic rings. The monoisotopic (exact) mass is 343 g/mol. The summed E-state index contributed by atoms with van der Waals surface area (Å²) in [7, 11) is 0. The highest BCUT2D eigenvalue weighted by Gasteiger charge is 2.22. The van der Waals surface area contributed by atoms with Gasteiger partial charge in [0.2, 0.25) is 0 Å². The third kappa shape index (κ3) is 3.73. The number of aromatic nitrogens is 5. The van der Waals surface area contributed by atoms with Crippen LogP contribution >= 0.6 is 0 Å². The minimum Gasteiger partial charge on any atom is -0.316 e. The molecule has 1 aliphatic heterocycles. The van der Waals surface area contributed by atoms with Crippen LogP contribution in [0.1, 0.15) is 55.1 Å². The van der Waals surface area contributed by atoms with E-state index in [2.05, 4.69) is 26.0 Å². The number of carbonyl (C=O) groups is 1. The van der Waals surface area contributed by atoms with E-state index in [-0.39, 0.29) is 5.91 Å². The Bertz CT molecular complexity index is 710. The Morgan fingerprint density at radius 3 is 2.96 bits per heavy atom. The van der Waals surface area contributed by atoms with Crippen LogP contribution in [-0.2, 0) is 6.54 Å². The van der Waals surface area contributed by atoms with Crippen LogP contribution in [0.2, 0.25) is 0 Å². The second-order valence-electron chi connectivity index (χ2n) is 7.09. The van der Waals surface area contributed by atoms with Crippen molar-refractivity contribution in [3.63, 3.8) is 0 Å². The normalized spacial score (nSPS) is 21.5. The molecule has 1 saturated heterocycles. The summed E-state index contributed by atoms with van der Waals surface area (Å²) in [6, 6.07) is 2.23. The van der Waals surface area contributed by atoms with Crippen LogP contribution in [0.5, 0.6) is 0 Å². The SMILES string of the molecule is O=C(Nc1ccnn1C1CCCC1)c1cn(CC2CCCNC2)nn1. The van der Waals surface area contributed by atoms with E-state index in [9.17, 15) is 4.79 Å². The third-order valence-corrected chi connectivity index (χ3v) is 5.20. The summed E-state index contributed by atoms with van der Waals surface area (Å²) in [4.78, 5) is 12.5. The van der Waals surface area contributed by atoms with Gasteiger partial charge in [-0.05, 0) is 44.7 Å². The van der Waals surface area contributed by atoms with Crippen LogP contribution in [0.4, 0.5) is 5.82 Å². The molecule has 2 aromatic heterocycles. The molecule has 1 saturated carbocycles. The first-order valence-electron chi connectivity index (χ1n) is 9.25. The van der Waals surface area contributed by atoms with Gasteiger partial charge in [-0.3, -0.25) is 9.48 Å². The predicted molar refractivity (Wildman–Crippen MR) is 93.3 cm³/mol. The van der Waals surface area contributed by atoms with Crippen LogP contribution in [-0.4, -0.2) is 43.8 Å². The van der Waals surface area contributed by atoms with Crippen molar-refractivity contribution in [3.05, 3.63) is 24.2 Å². The quantitative estimate of drug-likeness (QED) is 0.865. The number of carbonyl (C=O) groups excluding carboxylic acids is 1. The van der Waals surface area contributed by atoms with Crippen molar-refractivity contribution in [1.82, 2.24) is 30.1 Å². The Morgan fingerprint density at radius 1 is 1.28 bits per heavy atom. The molecule has 3 heterocycles. The zero-order valence-electron chi connectivity index (χ0n) is 14.4. The van der Waals surface area contributed by atoms with Crippen molar-refractivity contribution in [1.29, 1.82) is 0 Å². The average molecular weight is 343 g/mol. The number of hydrogen-bond donors (Lipinski definition) is 2. The minimum absolute atomic E-state index is 0.229. The molecule has 8 nitrogen and oxygen atoms in total. The summed E-state index contributed by atoms with van der Waals surface area (Å²) in [5.74, 6) is 1.06. The van der Waals surface area contributed by atoms with E-state index in [1.54, 1.807) is 17.1 Å². The van der Waals surface area contributed by atoms with Gasteiger partial charge in [0.25, 0.3) is 5.91 Å². The summed E-state index contributed by atoms with van der Waals surface area (Å²) in [5, 5.41) is 18.9. The lowest BCUT2D eigenvalue weighted by Crippen LogP contribution is -2.32. The molecule has 4 rings (SSSR count). The highest BCUT2D eigenvalue weighted by atomic mass is 16.2. The number of rotatable bonds is 5. The van der Waals surface area contributed by atoms with Gasteiger partial charge < -0.3 is 10.6 Å². The van der Waals surface area contributed by atoms with E-state index in [1.807, 2.05) is 10.7 Å². The molecule has 1 unspecified atom stereocenters. The van der Waals surface area contributed by atoms with E-state index in [1.165, 1.54) is 25.7 Å². The first-order chi connectivity index (χ1) is 12.3. The molecule has 1 atom stereocenters. The van der Waals surface area contributed by atoms with Gasteiger partial charge in [0.1, 0.15) is 5.82 Å². The minimum atomic E-state index is -0.229. The van der Waals surface area contributed by atoms with E-state index >= 15 is 0 Å². The molecule has 134 valence electrons. The van der Waals surface area contributed by atoms with Crippen LogP contribution < -0.4 is 10.6 Å². The maximum atomic E-state index is 12.5. The second-order valence-corrected chi connectivity index (χ2v) is 7.09. The number of nitrogens with zero attached hydrogens (tertiary/aromatic N) is 5. The molecule has 0 spiro atoms. The van der Waals surface area contributed by atoms with Gasteiger partial charge in [-0.15, -0.1) is 5.10 Å². The van der Waals surface area contributed by atoms with Crippen LogP contribution in [0.3, 0.4) is 0 Å². The van der Waals surface area contributed by atoms with Crippen molar-refractivity contribution in [2.75, 3.05) is 18.4 Å². The Balaban J connectivity index is 1.39. The zero-order valence-corrected chi connectivity index (χ0v) is 14.4. The van der Waals surface area contributed by atoms with Gasteiger partial charge in [-0.2, -0.15) is 5.10 Å². The van der Waals surface area contributed by atoms with Gasteiger partial charge in [0, 0.05) is 12.6 Å². The van der Waals surface area contributed by atoms with Gasteiger partial charge in [0.05, 0.1) is 18.4 Å². The highest BCUT2D eigenvalue weighted by Crippen LogP contribution is 2.31. The molecular formula is C17H25N7O. The van der Waals surface area contributed by atoms with Crippen molar-refractivity contribution < 1.29 is 4.79 Å². The van der Waals surface area contributed by atoms with Crippen molar-refractivity contribution in [2.24, 2.45) is 5.92 Å². The summed E-state index contributed by atoms with van der Waals surface area (Å²) in [6.45, 7) is 2.89. The lowest BCUT2D eigenvalue weighted by atomic mass is 10.00. The summed E-state index contributed by atoms with van der Waals surface area (Å²) >= 11 is 0. The van der Waals surface area contributed by atoms with Crippen LogP contribution in [0.15, 0.2) is 18.5 Å². The molecule has 8 heteroatoms. The largest absolute Gasteiger partial charge is 0.316 e. The molecule has 2 aromatic rings. The number of nitrogens with one attached hydrogen (secondary N) is 2. The Kier molecular flexibility index (Phi) is 4.78. The van der Waals surface area contributed by atoms with Crippen LogP contribution in [0.25, 0.3) is 0 Å². The molecule has 0 bridgehead atoms. The molecular weight excluding hydrogens is 318 g/mol. The van der Waals surface area contributed by atoms with Gasteiger partial charge in [-0.1, -0.05) is 18.1 Å². The predicted octanol–water partition coefficient (Wildman–Crippen LogP) is 1.84. The number of anilines is 1.